The molecule has 0 atom stereocenters. The number of hydrogen-bond acceptors (Lipinski definition) is 3. The summed E-state index contributed by atoms with van der Waals surface area (Å²) in [5, 5.41) is 0. The maximum absolute atomic E-state index is 14.4. The summed E-state index contributed by atoms with van der Waals surface area (Å²) in [6.45, 7) is 9.91. The molecule has 1 aromatic rings. The Balaban J connectivity index is 2.15. The molecule has 128 valence electrons. The highest BCUT2D eigenvalue weighted by Crippen LogP contribution is 2.37. The highest BCUT2D eigenvalue weighted by Gasteiger charge is 2.52. The lowest BCUT2D eigenvalue weighted by Crippen LogP contribution is -2.41. The Hall–Kier alpha value is -1.14. The van der Waals surface area contributed by atoms with E-state index in [2.05, 4.69) is 6.92 Å². The fourth-order valence-corrected chi connectivity index (χ4v) is 2.34. The summed E-state index contributed by atoms with van der Waals surface area (Å²) < 4.78 is 45.4. The van der Waals surface area contributed by atoms with Crippen LogP contribution in [0.15, 0.2) is 12.1 Å². The van der Waals surface area contributed by atoms with Gasteiger partial charge in [-0.2, -0.15) is 4.39 Å². The van der Waals surface area contributed by atoms with Gasteiger partial charge in [0.05, 0.1) is 17.8 Å². The van der Waals surface area contributed by atoms with Crippen molar-refractivity contribution in [3.8, 4) is 5.75 Å². The Morgan fingerprint density at radius 2 is 1.61 bits per heavy atom. The van der Waals surface area contributed by atoms with Crippen molar-refractivity contribution >= 4 is 12.6 Å². The molecule has 1 heterocycles. The molecule has 23 heavy (non-hydrogen) atoms. The second kappa shape index (κ2) is 6.77. The molecule has 6 heteroatoms. The highest BCUT2D eigenvalue weighted by atomic mass is 19.2. The third kappa shape index (κ3) is 3.69. The van der Waals surface area contributed by atoms with E-state index >= 15 is 0 Å². The lowest BCUT2D eigenvalue weighted by molar-refractivity contribution is 0.00578. The fourth-order valence-electron chi connectivity index (χ4n) is 2.34. The van der Waals surface area contributed by atoms with Gasteiger partial charge in [0.15, 0.2) is 17.4 Å². The smallest absolute Gasteiger partial charge is 0.490 e. The van der Waals surface area contributed by atoms with Gasteiger partial charge in [0.2, 0.25) is 0 Å². The molecule has 1 aromatic carbocycles. The molecule has 0 bridgehead atoms. The Bertz CT molecular complexity index is 545. The van der Waals surface area contributed by atoms with Crippen molar-refractivity contribution in [2.75, 3.05) is 6.61 Å². The summed E-state index contributed by atoms with van der Waals surface area (Å²) in [4.78, 5) is 0. The predicted molar refractivity (Wildman–Crippen MR) is 87.1 cm³/mol. The van der Waals surface area contributed by atoms with Crippen molar-refractivity contribution in [2.24, 2.45) is 0 Å². The van der Waals surface area contributed by atoms with Crippen LogP contribution in [-0.4, -0.2) is 24.9 Å². The largest absolute Gasteiger partial charge is 0.497 e. The Kier molecular flexibility index (Phi) is 5.36. The minimum atomic E-state index is -0.992. The maximum Gasteiger partial charge on any atom is 0.497 e. The van der Waals surface area contributed by atoms with Gasteiger partial charge in [-0.05, 0) is 40.2 Å². The number of unbranched alkanes of at least 4 members (excludes halogenated alkanes) is 2. The molecule has 0 aliphatic carbocycles. The van der Waals surface area contributed by atoms with E-state index in [-0.39, 0.29) is 11.2 Å². The first-order valence-corrected chi connectivity index (χ1v) is 8.16. The third-order valence-electron chi connectivity index (χ3n) is 4.59. The molecule has 3 nitrogen and oxygen atoms in total. The molecule has 0 spiro atoms. The van der Waals surface area contributed by atoms with Crippen molar-refractivity contribution in [1.82, 2.24) is 0 Å². The molecule has 1 aliphatic heterocycles. The zero-order valence-electron chi connectivity index (χ0n) is 14.5. The van der Waals surface area contributed by atoms with Crippen LogP contribution >= 0.6 is 0 Å². The number of ether oxygens (including phenoxy) is 1. The standard InChI is InChI=1S/C17H25BF2O3/c1-6-7-8-11-21-13-10-9-12(14(19)15(13)20)18-22-16(2,3)17(4,5)23-18/h9-10H,6-8,11H2,1-5H3. The summed E-state index contributed by atoms with van der Waals surface area (Å²) in [6, 6.07) is 2.90. The van der Waals surface area contributed by atoms with E-state index < -0.39 is 30.0 Å². The number of rotatable bonds is 6. The predicted octanol–water partition coefficient (Wildman–Crippen LogP) is 3.83. The molecule has 0 unspecified atom stereocenters. The number of benzene rings is 1. The molecule has 2 rings (SSSR count). The molecular formula is C17H25BF2O3. The van der Waals surface area contributed by atoms with Crippen LogP contribution in [-0.2, 0) is 9.31 Å². The second-order valence-corrected chi connectivity index (χ2v) is 6.92. The summed E-state index contributed by atoms with van der Waals surface area (Å²) in [5.74, 6) is -2.04. The van der Waals surface area contributed by atoms with Crippen molar-refractivity contribution < 1.29 is 22.8 Å². The van der Waals surface area contributed by atoms with E-state index in [0.717, 1.165) is 19.3 Å². The van der Waals surface area contributed by atoms with E-state index in [1.165, 1.54) is 12.1 Å². The van der Waals surface area contributed by atoms with Crippen molar-refractivity contribution in [3.05, 3.63) is 23.8 Å². The molecule has 1 aliphatic rings. The number of halogens is 2. The molecule has 0 aromatic heterocycles. The lowest BCUT2D eigenvalue weighted by Gasteiger charge is -2.32. The molecule has 0 saturated carbocycles. The van der Waals surface area contributed by atoms with Gasteiger partial charge in [0.25, 0.3) is 0 Å². The molecule has 0 amide bonds. The highest BCUT2D eigenvalue weighted by molar-refractivity contribution is 6.62. The second-order valence-electron chi connectivity index (χ2n) is 6.92. The van der Waals surface area contributed by atoms with Gasteiger partial charge < -0.3 is 14.0 Å². The number of hydrogen-bond donors (Lipinski definition) is 0. The minimum Gasteiger partial charge on any atom is -0.490 e. The Morgan fingerprint density at radius 1 is 1.00 bits per heavy atom. The first-order valence-electron chi connectivity index (χ1n) is 8.16. The summed E-state index contributed by atoms with van der Waals surface area (Å²) in [7, 11) is -0.927. The van der Waals surface area contributed by atoms with Crippen molar-refractivity contribution in [2.45, 2.75) is 65.1 Å². The molecule has 0 radical (unpaired) electrons. The van der Waals surface area contributed by atoms with Crippen LogP contribution in [0.2, 0.25) is 0 Å². The normalized spacial score (nSPS) is 19.2. The first-order chi connectivity index (χ1) is 10.7. The SMILES string of the molecule is CCCCCOc1ccc(B2OC(C)(C)C(C)(C)O2)c(F)c1F. The lowest BCUT2D eigenvalue weighted by atomic mass is 9.78. The van der Waals surface area contributed by atoms with E-state index in [9.17, 15) is 8.78 Å². The van der Waals surface area contributed by atoms with Crippen LogP contribution in [0.3, 0.4) is 0 Å². The van der Waals surface area contributed by atoms with E-state index in [0.29, 0.717) is 6.61 Å². The Labute approximate surface area is 137 Å². The molecule has 0 N–H and O–H groups in total. The summed E-state index contributed by atoms with van der Waals surface area (Å²) in [5.41, 5.74) is -1.15. The van der Waals surface area contributed by atoms with Crippen LogP contribution in [0.5, 0.6) is 5.75 Å². The van der Waals surface area contributed by atoms with Gasteiger partial charge in [-0.15, -0.1) is 0 Å². The minimum absolute atomic E-state index is 0.0575. The van der Waals surface area contributed by atoms with Crippen LogP contribution in [0.4, 0.5) is 8.78 Å². The van der Waals surface area contributed by atoms with E-state index in [4.69, 9.17) is 14.0 Å². The van der Waals surface area contributed by atoms with Crippen LogP contribution in [0.25, 0.3) is 0 Å². The third-order valence-corrected chi connectivity index (χ3v) is 4.59. The maximum atomic E-state index is 14.4. The fraction of sp³-hybridized carbons (Fsp3) is 0.647. The zero-order valence-corrected chi connectivity index (χ0v) is 14.5. The first kappa shape index (κ1) is 18.2. The monoisotopic (exact) mass is 326 g/mol. The van der Waals surface area contributed by atoms with Gasteiger partial charge in [0, 0.05) is 5.46 Å². The van der Waals surface area contributed by atoms with Crippen LogP contribution in [0, 0.1) is 11.6 Å². The quantitative estimate of drug-likeness (QED) is 0.587. The summed E-state index contributed by atoms with van der Waals surface area (Å²) >= 11 is 0. The van der Waals surface area contributed by atoms with Gasteiger partial charge in [-0.1, -0.05) is 25.8 Å². The van der Waals surface area contributed by atoms with Crippen molar-refractivity contribution in [1.29, 1.82) is 0 Å². The van der Waals surface area contributed by atoms with Gasteiger partial charge in [-0.25, -0.2) is 4.39 Å². The van der Waals surface area contributed by atoms with E-state index in [1.807, 2.05) is 27.7 Å². The van der Waals surface area contributed by atoms with Crippen LogP contribution in [0.1, 0.15) is 53.9 Å². The van der Waals surface area contributed by atoms with Gasteiger partial charge in [-0.3, -0.25) is 0 Å². The summed E-state index contributed by atoms with van der Waals surface area (Å²) in [6.07, 6.45) is 2.85. The average molecular weight is 326 g/mol. The Morgan fingerprint density at radius 3 is 2.17 bits per heavy atom. The van der Waals surface area contributed by atoms with E-state index in [1.54, 1.807) is 0 Å². The van der Waals surface area contributed by atoms with Crippen molar-refractivity contribution in [3.63, 3.8) is 0 Å². The average Bonchev–Trinajstić information content (AvgIpc) is 2.68. The molecular weight excluding hydrogens is 301 g/mol. The molecule has 1 saturated heterocycles. The van der Waals surface area contributed by atoms with Crippen LogP contribution < -0.4 is 10.2 Å². The topological polar surface area (TPSA) is 27.7 Å². The molecule has 1 fully saturated rings. The zero-order chi connectivity index (χ0) is 17.3. The van der Waals surface area contributed by atoms with Gasteiger partial charge in [0.1, 0.15) is 0 Å². The van der Waals surface area contributed by atoms with Gasteiger partial charge >= 0.3 is 7.12 Å².